The molecule has 0 spiro atoms. The zero-order valence-corrected chi connectivity index (χ0v) is 46.1. The van der Waals surface area contributed by atoms with Crippen LogP contribution in [0.15, 0.2) is 60.8 Å². The van der Waals surface area contributed by atoms with E-state index in [2.05, 4.69) is 81.5 Å². The molecular weight excluding hydrogens is 925 g/mol. The van der Waals surface area contributed by atoms with Gasteiger partial charge in [-0.15, -0.1) is 0 Å². The van der Waals surface area contributed by atoms with Crippen LogP contribution in [0.25, 0.3) is 0 Å². The first-order valence-corrected chi connectivity index (χ1v) is 29.3. The number of carboxylic acids is 1. The van der Waals surface area contributed by atoms with Crippen LogP contribution in [0.1, 0.15) is 252 Å². The molecule has 420 valence electrons. The highest BCUT2D eigenvalue weighted by Crippen LogP contribution is 2.26. The molecule has 73 heavy (non-hydrogen) atoms. The maximum atomic E-state index is 13.1. The van der Waals surface area contributed by atoms with Crippen molar-refractivity contribution in [2.45, 2.75) is 289 Å². The lowest BCUT2D eigenvalue weighted by Crippen LogP contribution is -2.61. The maximum absolute atomic E-state index is 13.1. The van der Waals surface area contributed by atoms with Crippen molar-refractivity contribution in [2.24, 2.45) is 0 Å². The number of esters is 3. The highest BCUT2D eigenvalue weighted by Gasteiger charge is 2.50. The number of aliphatic hydroxyl groups is 2. The van der Waals surface area contributed by atoms with Crippen molar-refractivity contribution in [3.8, 4) is 0 Å². The average molecular weight is 1030 g/mol. The second-order valence-electron chi connectivity index (χ2n) is 19.9. The van der Waals surface area contributed by atoms with Gasteiger partial charge in [-0.3, -0.25) is 14.4 Å². The van der Waals surface area contributed by atoms with Crippen LogP contribution in [0.5, 0.6) is 0 Å². The molecule has 0 bridgehead atoms. The number of unbranched alkanes of at least 4 members (excludes halogenated alkanes) is 25. The van der Waals surface area contributed by atoms with Gasteiger partial charge >= 0.3 is 23.9 Å². The van der Waals surface area contributed by atoms with Gasteiger partial charge in [-0.05, 0) is 83.5 Å². The topological polar surface area (TPSA) is 175 Å². The Bertz CT molecular complexity index is 1500. The minimum atomic E-state index is -1.91. The Hall–Kier alpha value is -3.58. The first-order chi connectivity index (χ1) is 35.6. The predicted octanol–water partition coefficient (Wildman–Crippen LogP) is 14.8. The van der Waals surface area contributed by atoms with E-state index in [1.165, 1.54) is 64.2 Å². The van der Waals surface area contributed by atoms with Crippen molar-refractivity contribution in [3.63, 3.8) is 0 Å². The van der Waals surface area contributed by atoms with Gasteiger partial charge in [0.05, 0.1) is 6.61 Å². The summed E-state index contributed by atoms with van der Waals surface area (Å²) in [7, 11) is 0. The van der Waals surface area contributed by atoms with Crippen LogP contribution in [-0.4, -0.2) is 89.2 Å². The summed E-state index contributed by atoms with van der Waals surface area (Å²) < 4.78 is 28.4. The van der Waals surface area contributed by atoms with E-state index >= 15 is 0 Å². The third-order valence-corrected chi connectivity index (χ3v) is 13.1. The van der Waals surface area contributed by atoms with Crippen LogP contribution in [0, 0.1) is 0 Å². The summed E-state index contributed by atoms with van der Waals surface area (Å²) in [5, 5.41) is 31.5. The number of hydrogen-bond donors (Lipinski definition) is 3. The molecule has 12 heteroatoms. The number of rotatable bonds is 49. The highest BCUT2D eigenvalue weighted by molar-refractivity contribution is 5.74. The van der Waals surface area contributed by atoms with Crippen molar-refractivity contribution >= 4 is 23.9 Å². The van der Waals surface area contributed by atoms with E-state index in [4.69, 9.17) is 23.7 Å². The third kappa shape index (κ3) is 39.5. The van der Waals surface area contributed by atoms with Crippen LogP contribution in [0.4, 0.5) is 0 Å². The number of carboxylic acid groups (broad SMARTS) is 1. The van der Waals surface area contributed by atoms with Crippen molar-refractivity contribution in [1.29, 1.82) is 0 Å². The fraction of sp³-hybridized carbons (Fsp3) is 0.770. The average Bonchev–Trinajstić information content (AvgIpc) is 3.37. The van der Waals surface area contributed by atoms with E-state index in [-0.39, 0.29) is 25.9 Å². The number of hydrogen-bond acceptors (Lipinski definition) is 11. The predicted molar refractivity (Wildman–Crippen MR) is 294 cm³/mol. The van der Waals surface area contributed by atoms with Crippen LogP contribution >= 0.6 is 0 Å². The maximum Gasteiger partial charge on any atom is 0.335 e. The number of aliphatic hydroxyl groups excluding tert-OH is 2. The molecule has 0 radical (unpaired) electrons. The van der Waals surface area contributed by atoms with Gasteiger partial charge in [0.15, 0.2) is 24.6 Å². The summed E-state index contributed by atoms with van der Waals surface area (Å²) in [6.07, 6.45) is 47.6. The summed E-state index contributed by atoms with van der Waals surface area (Å²) in [4.78, 5) is 51.0. The number of carbonyl (C=O) groups excluding carboxylic acids is 3. The van der Waals surface area contributed by atoms with Crippen LogP contribution < -0.4 is 0 Å². The molecule has 1 aliphatic rings. The summed E-state index contributed by atoms with van der Waals surface area (Å²) in [6.45, 7) is 5.83. The molecule has 0 saturated carbocycles. The lowest BCUT2D eigenvalue weighted by Gasteiger charge is -2.40. The number of aliphatic carboxylic acids is 1. The number of carbonyl (C=O) groups is 4. The van der Waals surface area contributed by atoms with E-state index in [9.17, 15) is 34.5 Å². The Labute approximate surface area is 443 Å². The summed E-state index contributed by atoms with van der Waals surface area (Å²) in [6, 6.07) is 0. The molecule has 1 rings (SSSR count). The number of allylic oxidation sites excluding steroid dienone is 10. The largest absolute Gasteiger partial charge is 0.479 e. The first-order valence-electron chi connectivity index (χ1n) is 29.3. The SMILES string of the molecule is CC/C=C\C/C=C\C/C=C\CCCCCCCCCC(=O)OC1C(OCC(COC(=O)CCCCCCC/C=C\C/C=C\CCCCC)OC(=O)CCCCCCCCCCCCC)OC(C(=O)O)C(O)C1O. The zero-order valence-electron chi connectivity index (χ0n) is 46.1. The molecule has 12 nitrogen and oxygen atoms in total. The quantitative estimate of drug-likeness (QED) is 0.0228. The molecule has 0 aromatic heterocycles. The van der Waals surface area contributed by atoms with E-state index in [1.54, 1.807) is 0 Å². The van der Waals surface area contributed by atoms with Crippen LogP contribution in [0.3, 0.4) is 0 Å². The van der Waals surface area contributed by atoms with E-state index < -0.39 is 67.3 Å². The Morgan fingerprint density at radius 3 is 1.34 bits per heavy atom. The minimum Gasteiger partial charge on any atom is -0.479 e. The van der Waals surface area contributed by atoms with Gasteiger partial charge in [-0.2, -0.15) is 0 Å². The smallest absolute Gasteiger partial charge is 0.335 e. The summed E-state index contributed by atoms with van der Waals surface area (Å²) in [5.74, 6) is -3.14. The molecule has 0 aliphatic carbocycles. The van der Waals surface area contributed by atoms with Crippen molar-refractivity contribution in [2.75, 3.05) is 13.2 Å². The normalized spacial score (nSPS) is 18.7. The highest BCUT2D eigenvalue weighted by atomic mass is 16.7. The molecule has 1 saturated heterocycles. The molecule has 1 heterocycles. The van der Waals surface area contributed by atoms with Gasteiger partial charge in [-0.1, -0.05) is 210 Å². The van der Waals surface area contributed by atoms with E-state index in [0.717, 1.165) is 128 Å². The molecule has 1 fully saturated rings. The molecule has 0 amide bonds. The standard InChI is InChI=1S/C61H104O12/c1-4-7-10-13-16-19-22-24-26-27-29-31-34-37-40-43-46-49-55(64)72-59-57(66)56(65)58(60(67)68)73-61(59)70-51-52(71-54(63)48-45-42-39-36-32-21-18-15-12-9-6-3)50-69-53(62)47-44-41-38-35-33-30-28-25-23-20-17-14-11-8-5-2/h7,10,16-17,19-20,24-26,28,52,56-59,61,65-66H,4-6,8-9,11-15,18,21-23,27,29-51H2,1-3H3,(H,67,68)/b10-7-,19-16-,20-17-,26-24-,28-25-. The van der Waals surface area contributed by atoms with Gasteiger partial charge in [0.25, 0.3) is 0 Å². The monoisotopic (exact) mass is 1030 g/mol. The molecule has 0 aromatic carbocycles. The zero-order chi connectivity index (χ0) is 53.3. The Kier molecular flexibility index (Phi) is 45.5. The van der Waals surface area contributed by atoms with E-state index in [0.29, 0.717) is 19.3 Å². The number of ether oxygens (including phenoxy) is 5. The van der Waals surface area contributed by atoms with Gasteiger partial charge in [0.2, 0.25) is 0 Å². The fourth-order valence-electron chi connectivity index (χ4n) is 8.59. The summed E-state index contributed by atoms with van der Waals surface area (Å²) >= 11 is 0. The molecule has 1 aliphatic heterocycles. The van der Waals surface area contributed by atoms with Gasteiger partial charge in [0.1, 0.15) is 18.8 Å². The lowest BCUT2D eigenvalue weighted by atomic mass is 9.98. The molecule has 0 aromatic rings. The van der Waals surface area contributed by atoms with Crippen LogP contribution in [-0.2, 0) is 42.9 Å². The van der Waals surface area contributed by atoms with Gasteiger partial charge < -0.3 is 39.0 Å². The Morgan fingerprint density at radius 2 is 0.863 bits per heavy atom. The first kappa shape index (κ1) is 67.4. The second-order valence-corrected chi connectivity index (χ2v) is 19.9. The minimum absolute atomic E-state index is 0.0481. The van der Waals surface area contributed by atoms with Gasteiger partial charge in [-0.25, -0.2) is 4.79 Å². The van der Waals surface area contributed by atoms with E-state index in [1.807, 2.05) is 0 Å². The summed E-state index contributed by atoms with van der Waals surface area (Å²) in [5.41, 5.74) is 0. The molecule has 6 atom stereocenters. The van der Waals surface area contributed by atoms with Crippen LogP contribution in [0.2, 0.25) is 0 Å². The van der Waals surface area contributed by atoms with Crippen molar-refractivity contribution in [1.82, 2.24) is 0 Å². The molecule has 6 unspecified atom stereocenters. The Balaban J connectivity index is 2.68. The molecular formula is C61H104O12. The third-order valence-electron chi connectivity index (χ3n) is 13.1. The Morgan fingerprint density at radius 1 is 0.466 bits per heavy atom. The fourth-order valence-corrected chi connectivity index (χ4v) is 8.59. The molecule has 3 N–H and O–H groups in total. The van der Waals surface area contributed by atoms with Gasteiger partial charge in [0, 0.05) is 19.3 Å². The van der Waals surface area contributed by atoms with Crippen molar-refractivity contribution in [3.05, 3.63) is 60.8 Å². The van der Waals surface area contributed by atoms with Crippen molar-refractivity contribution < 1.29 is 58.2 Å². The lowest BCUT2D eigenvalue weighted by molar-refractivity contribution is -0.301. The second kappa shape index (κ2) is 49.3.